The predicted octanol–water partition coefficient (Wildman–Crippen LogP) is 3.35. The standard InChI is InChI=1S/C25H23N3O7/c1-28(25(23(30)31)10-11-33-14-25)22(29)20-12-21(35-27-20)26-24(32)34-13-19-17-8-4-2-6-15(17)16-7-3-5-9-18(16)19/h2-9,12,19H,10-11,13-14H2,1H3,(H,26,32)(H,30,31). The smallest absolute Gasteiger partial charge is 0.414 e. The third-order valence-corrected chi connectivity index (χ3v) is 6.64. The summed E-state index contributed by atoms with van der Waals surface area (Å²) in [7, 11) is 1.37. The van der Waals surface area contributed by atoms with E-state index >= 15 is 0 Å². The molecule has 2 amide bonds. The zero-order valence-electron chi connectivity index (χ0n) is 18.9. The van der Waals surface area contributed by atoms with E-state index in [4.69, 9.17) is 14.0 Å². The van der Waals surface area contributed by atoms with Crippen LogP contribution in [0.1, 0.15) is 34.0 Å². The number of nitrogens with one attached hydrogen (secondary N) is 1. The molecule has 1 fully saturated rings. The molecule has 1 unspecified atom stereocenters. The van der Waals surface area contributed by atoms with Crippen molar-refractivity contribution in [3.05, 3.63) is 71.4 Å². The molecule has 2 aliphatic rings. The van der Waals surface area contributed by atoms with Crippen molar-refractivity contribution in [3.63, 3.8) is 0 Å². The van der Waals surface area contributed by atoms with Crippen LogP contribution in [-0.4, -0.2) is 65.5 Å². The number of fused-ring (bicyclic) bond motifs is 3. The van der Waals surface area contributed by atoms with E-state index in [2.05, 4.69) is 10.5 Å². The lowest BCUT2D eigenvalue weighted by Gasteiger charge is -2.32. The third-order valence-electron chi connectivity index (χ3n) is 6.64. The van der Waals surface area contributed by atoms with Crippen LogP contribution in [0.3, 0.4) is 0 Å². The zero-order chi connectivity index (χ0) is 24.6. The fraction of sp³-hybridized carbons (Fsp3) is 0.280. The zero-order valence-corrected chi connectivity index (χ0v) is 18.9. The Balaban J connectivity index is 1.23. The molecule has 1 saturated heterocycles. The Morgan fingerprint density at radius 1 is 1.14 bits per heavy atom. The van der Waals surface area contributed by atoms with Gasteiger partial charge in [0.05, 0.1) is 6.61 Å². The van der Waals surface area contributed by atoms with Crippen molar-refractivity contribution in [2.45, 2.75) is 17.9 Å². The van der Waals surface area contributed by atoms with Gasteiger partial charge < -0.3 is 24.0 Å². The number of nitrogens with zero attached hydrogens (tertiary/aromatic N) is 2. The molecule has 2 heterocycles. The van der Waals surface area contributed by atoms with Gasteiger partial charge in [-0.05, 0) is 22.3 Å². The molecule has 10 nitrogen and oxygen atoms in total. The van der Waals surface area contributed by atoms with Crippen LogP contribution < -0.4 is 5.32 Å². The van der Waals surface area contributed by atoms with Crippen molar-refractivity contribution in [2.24, 2.45) is 0 Å². The minimum Gasteiger partial charge on any atom is -0.479 e. The highest BCUT2D eigenvalue weighted by Crippen LogP contribution is 2.44. The number of carbonyl (C=O) groups is 3. The summed E-state index contributed by atoms with van der Waals surface area (Å²) in [5.41, 5.74) is 2.78. The number of ether oxygens (including phenoxy) is 2. The number of carboxylic acid groups (broad SMARTS) is 1. The van der Waals surface area contributed by atoms with Crippen LogP contribution in [0.4, 0.5) is 10.7 Å². The monoisotopic (exact) mass is 477 g/mol. The second-order valence-corrected chi connectivity index (χ2v) is 8.53. The summed E-state index contributed by atoms with van der Waals surface area (Å²) in [6.07, 6.45) is -0.602. The summed E-state index contributed by atoms with van der Waals surface area (Å²) >= 11 is 0. The minimum absolute atomic E-state index is 0.0916. The number of aliphatic carboxylic acids is 1. The number of likely N-dealkylation sites (N-methyl/N-ethyl adjacent to an activating group) is 1. The Labute approximate surface area is 200 Å². The largest absolute Gasteiger partial charge is 0.479 e. The van der Waals surface area contributed by atoms with Gasteiger partial charge >= 0.3 is 12.1 Å². The van der Waals surface area contributed by atoms with E-state index in [0.29, 0.717) is 0 Å². The first-order chi connectivity index (χ1) is 16.9. The predicted molar refractivity (Wildman–Crippen MR) is 123 cm³/mol. The number of amides is 2. The lowest BCUT2D eigenvalue weighted by atomic mass is 9.96. The van der Waals surface area contributed by atoms with Gasteiger partial charge in [0.25, 0.3) is 5.91 Å². The van der Waals surface area contributed by atoms with E-state index in [1.807, 2.05) is 48.5 Å². The van der Waals surface area contributed by atoms with Gasteiger partial charge in [-0.25, -0.2) is 9.59 Å². The van der Waals surface area contributed by atoms with Gasteiger partial charge in [0.15, 0.2) is 11.2 Å². The third kappa shape index (κ3) is 3.91. The second-order valence-electron chi connectivity index (χ2n) is 8.53. The maximum Gasteiger partial charge on any atom is 0.414 e. The minimum atomic E-state index is -1.48. The molecule has 35 heavy (non-hydrogen) atoms. The highest BCUT2D eigenvalue weighted by atomic mass is 16.6. The van der Waals surface area contributed by atoms with E-state index in [-0.39, 0.29) is 43.7 Å². The highest BCUT2D eigenvalue weighted by Gasteiger charge is 2.49. The number of benzene rings is 2. The summed E-state index contributed by atoms with van der Waals surface area (Å²) in [5.74, 6) is -2.02. The lowest BCUT2D eigenvalue weighted by Crippen LogP contribution is -2.56. The molecule has 180 valence electrons. The molecule has 2 aromatic carbocycles. The van der Waals surface area contributed by atoms with Crippen LogP contribution in [0.25, 0.3) is 11.1 Å². The molecule has 2 N–H and O–H groups in total. The van der Waals surface area contributed by atoms with Crippen LogP contribution >= 0.6 is 0 Å². The average molecular weight is 477 g/mol. The number of carboxylic acids is 1. The SMILES string of the molecule is CN(C(=O)c1cc(NC(=O)OCC2c3ccccc3-c3ccccc32)on1)C1(C(=O)O)CCOC1. The number of anilines is 1. The summed E-state index contributed by atoms with van der Waals surface area (Å²) in [6.45, 7) is 0.230. The summed E-state index contributed by atoms with van der Waals surface area (Å²) in [5, 5.41) is 15.7. The van der Waals surface area contributed by atoms with Crippen molar-refractivity contribution >= 4 is 23.9 Å². The van der Waals surface area contributed by atoms with E-state index in [0.717, 1.165) is 27.2 Å². The fourth-order valence-corrected chi connectivity index (χ4v) is 4.67. The van der Waals surface area contributed by atoms with Gasteiger partial charge in [0.1, 0.15) is 6.61 Å². The number of aromatic nitrogens is 1. The molecular formula is C25H23N3O7. The molecule has 0 radical (unpaired) electrons. The van der Waals surface area contributed by atoms with Gasteiger partial charge in [-0.15, -0.1) is 0 Å². The number of carbonyl (C=O) groups excluding carboxylic acids is 2. The Morgan fingerprint density at radius 2 is 1.80 bits per heavy atom. The van der Waals surface area contributed by atoms with Gasteiger partial charge in [0, 0.05) is 32.1 Å². The van der Waals surface area contributed by atoms with Crippen LogP contribution in [0.2, 0.25) is 0 Å². The van der Waals surface area contributed by atoms with Crippen molar-refractivity contribution in [1.82, 2.24) is 10.1 Å². The van der Waals surface area contributed by atoms with Crippen LogP contribution in [0.15, 0.2) is 59.1 Å². The maximum absolute atomic E-state index is 12.8. The van der Waals surface area contributed by atoms with Crippen molar-refractivity contribution in [1.29, 1.82) is 0 Å². The highest BCUT2D eigenvalue weighted by molar-refractivity contribution is 5.97. The van der Waals surface area contributed by atoms with Crippen LogP contribution in [0.5, 0.6) is 0 Å². The molecule has 3 aromatic rings. The molecule has 1 atom stereocenters. The Kier molecular flexibility index (Phi) is 5.73. The van der Waals surface area contributed by atoms with Gasteiger partial charge in [0.2, 0.25) is 5.88 Å². The Bertz CT molecular complexity index is 1250. The molecule has 0 saturated carbocycles. The number of hydrogen-bond acceptors (Lipinski definition) is 7. The molecular weight excluding hydrogens is 454 g/mol. The second kappa shape index (κ2) is 8.88. The quantitative estimate of drug-likeness (QED) is 0.553. The van der Waals surface area contributed by atoms with Crippen molar-refractivity contribution < 1.29 is 33.5 Å². The van der Waals surface area contributed by atoms with Gasteiger partial charge in [-0.3, -0.25) is 10.1 Å². The van der Waals surface area contributed by atoms with Crippen molar-refractivity contribution in [3.8, 4) is 11.1 Å². The average Bonchev–Trinajstić information content (AvgIpc) is 3.60. The molecule has 5 rings (SSSR count). The maximum atomic E-state index is 12.8. The van der Waals surface area contributed by atoms with Crippen molar-refractivity contribution in [2.75, 3.05) is 32.2 Å². The molecule has 10 heteroatoms. The molecule has 1 aromatic heterocycles. The first-order valence-corrected chi connectivity index (χ1v) is 11.1. The fourth-order valence-electron chi connectivity index (χ4n) is 4.67. The molecule has 0 spiro atoms. The Morgan fingerprint density at radius 3 is 2.40 bits per heavy atom. The number of rotatable bonds is 6. The van der Waals surface area contributed by atoms with E-state index in [9.17, 15) is 19.5 Å². The number of hydrogen-bond donors (Lipinski definition) is 2. The van der Waals surface area contributed by atoms with E-state index in [1.54, 1.807) is 0 Å². The van der Waals surface area contributed by atoms with E-state index in [1.165, 1.54) is 13.1 Å². The first kappa shape index (κ1) is 22.6. The first-order valence-electron chi connectivity index (χ1n) is 11.1. The topological polar surface area (TPSA) is 131 Å². The van der Waals surface area contributed by atoms with Crippen LogP contribution in [0, 0.1) is 0 Å². The lowest BCUT2D eigenvalue weighted by molar-refractivity contribution is -0.149. The Hall–Kier alpha value is -4.18. The summed E-state index contributed by atoms with van der Waals surface area (Å²) < 4.78 is 15.7. The summed E-state index contributed by atoms with van der Waals surface area (Å²) in [4.78, 5) is 38.1. The molecule has 1 aliphatic carbocycles. The van der Waals surface area contributed by atoms with Gasteiger partial charge in [-0.1, -0.05) is 53.7 Å². The van der Waals surface area contributed by atoms with E-state index < -0.39 is 23.5 Å². The summed E-state index contributed by atoms with van der Waals surface area (Å²) in [6, 6.07) is 17.2. The molecule has 1 aliphatic heterocycles. The van der Waals surface area contributed by atoms with Crippen LogP contribution in [-0.2, 0) is 14.3 Å². The molecule has 0 bridgehead atoms. The normalized spacial score (nSPS) is 18.5. The van der Waals surface area contributed by atoms with Gasteiger partial charge in [-0.2, -0.15) is 0 Å².